The Labute approximate surface area is 159 Å². The number of piperidine rings is 1. The zero-order chi connectivity index (χ0) is 19.4. The molecule has 146 valence electrons. The van der Waals surface area contributed by atoms with Crippen molar-refractivity contribution in [3.8, 4) is 0 Å². The molecule has 2 N–H and O–H groups in total. The molecule has 1 amide bonds. The third-order valence-corrected chi connectivity index (χ3v) is 4.92. The van der Waals surface area contributed by atoms with Gasteiger partial charge in [-0.25, -0.2) is 4.98 Å². The molecule has 0 radical (unpaired) electrons. The number of pyridine rings is 1. The van der Waals surface area contributed by atoms with Crippen LogP contribution in [-0.4, -0.2) is 52.5 Å². The number of hydrogen-bond donors (Lipinski definition) is 2. The average molecular weight is 373 g/mol. The van der Waals surface area contributed by atoms with Crippen molar-refractivity contribution in [2.75, 3.05) is 29.9 Å². The van der Waals surface area contributed by atoms with Gasteiger partial charge >= 0.3 is 0 Å². The van der Waals surface area contributed by atoms with Gasteiger partial charge in [-0.05, 0) is 57.9 Å². The highest BCUT2D eigenvalue weighted by atomic mass is 19.1. The molecule has 0 aromatic carbocycles. The minimum Gasteiger partial charge on any atom is -0.380 e. The molecule has 3 heterocycles. The first-order chi connectivity index (χ1) is 13.0. The number of H-pyrrole nitrogens is 1. The molecule has 6 nitrogen and oxygen atoms in total. The Kier molecular flexibility index (Phi) is 5.98. The second kappa shape index (κ2) is 8.41. The number of carbonyl (C=O) groups excluding carboxylic acids is 1. The number of carbonyl (C=O) groups is 1. The van der Waals surface area contributed by atoms with Gasteiger partial charge in [-0.15, -0.1) is 0 Å². The number of likely N-dealkylation sites (tertiary alicyclic amines) is 1. The highest BCUT2D eigenvalue weighted by Crippen LogP contribution is 2.29. The number of amides is 1. The van der Waals surface area contributed by atoms with E-state index < -0.39 is 5.95 Å². The fourth-order valence-corrected chi connectivity index (χ4v) is 3.66. The van der Waals surface area contributed by atoms with E-state index in [1.54, 1.807) is 18.3 Å². The molecule has 27 heavy (non-hydrogen) atoms. The molecule has 0 atom stereocenters. The number of aromatic nitrogens is 2. The smallest absolute Gasteiger partial charge is 0.270 e. The molecule has 1 saturated heterocycles. The van der Waals surface area contributed by atoms with Crippen LogP contribution < -0.4 is 10.2 Å². The number of halogens is 1. The molecule has 1 aliphatic heterocycles. The minimum absolute atomic E-state index is 0.0348. The summed E-state index contributed by atoms with van der Waals surface area (Å²) in [5.41, 5.74) is 1.47. The van der Waals surface area contributed by atoms with E-state index in [0.29, 0.717) is 24.6 Å². The molecule has 0 bridgehead atoms. The Hall–Kier alpha value is -2.57. The molecular weight excluding hydrogens is 345 g/mol. The summed E-state index contributed by atoms with van der Waals surface area (Å²) in [6.07, 6.45) is 3.43. The van der Waals surface area contributed by atoms with Gasteiger partial charge in [-0.1, -0.05) is 0 Å². The van der Waals surface area contributed by atoms with Gasteiger partial charge in [-0.3, -0.25) is 4.79 Å². The standard InChI is InChI=1S/C20H28FN5O/c1-4-26(19-16(23-14(2)3)7-8-18(21)24-19)15-9-12-25(13-10-15)20(27)17-6-5-11-22-17/h5-8,11,14-15,22-23H,4,9-10,12-13H2,1-3H3. The fourth-order valence-electron chi connectivity index (χ4n) is 3.66. The van der Waals surface area contributed by atoms with Crippen LogP contribution in [0, 0.1) is 5.95 Å². The summed E-state index contributed by atoms with van der Waals surface area (Å²) in [6, 6.07) is 7.23. The zero-order valence-corrected chi connectivity index (χ0v) is 16.2. The Morgan fingerprint density at radius 1 is 1.37 bits per heavy atom. The number of aromatic amines is 1. The van der Waals surface area contributed by atoms with Crippen LogP contribution in [-0.2, 0) is 0 Å². The van der Waals surface area contributed by atoms with Crippen LogP contribution in [0.3, 0.4) is 0 Å². The summed E-state index contributed by atoms with van der Waals surface area (Å²) in [5.74, 6) is 0.213. The van der Waals surface area contributed by atoms with Gasteiger partial charge in [0, 0.05) is 37.9 Å². The van der Waals surface area contributed by atoms with Crippen molar-refractivity contribution < 1.29 is 9.18 Å². The average Bonchev–Trinajstić information content (AvgIpc) is 3.19. The summed E-state index contributed by atoms with van der Waals surface area (Å²) in [6.45, 7) is 8.26. The number of nitrogens with one attached hydrogen (secondary N) is 2. The SMILES string of the molecule is CCN(c1nc(F)ccc1NC(C)C)C1CCN(C(=O)c2ccc[nH]2)CC1. The van der Waals surface area contributed by atoms with E-state index in [-0.39, 0.29) is 18.0 Å². The van der Waals surface area contributed by atoms with Crippen LogP contribution >= 0.6 is 0 Å². The Bertz CT molecular complexity index is 754. The van der Waals surface area contributed by atoms with E-state index in [9.17, 15) is 9.18 Å². The number of rotatable bonds is 6. The monoisotopic (exact) mass is 373 g/mol. The van der Waals surface area contributed by atoms with Crippen molar-refractivity contribution in [1.29, 1.82) is 0 Å². The second-order valence-electron chi connectivity index (χ2n) is 7.20. The third kappa shape index (κ3) is 4.40. The molecule has 7 heteroatoms. The van der Waals surface area contributed by atoms with Crippen LogP contribution in [0.15, 0.2) is 30.5 Å². The Morgan fingerprint density at radius 3 is 2.70 bits per heavy atom. The molecule has 0 saturated carbocycles. The van der Waals surface area contributed by atoms with Gasteiger partial charge < -0.3 is 20.1 Å². The zero-order valence-electron chi connectivity index (χ0n) is 16.2. The first-order valence-corrected chi connectivity index (χ1v) is 9.62. The molecule has 0 unspecified atom stereocenters. The lowest BCUT2D eigenvalue weighted by Gasteiger charge is -2.39. The molecular formula is C20H28FN5O. The maximum absolute atomic E-state index is 13.9. The first kappa shape index (κ1) is 19.2. The van der Waals surface area contributed by atoms with Crippen LogP contribution in [0.5, 0.6) is 0 Å². The highest BCUT2D eigenvalue weighted by Gasteiger charge is 2.29. The Balaban J connectivity index is 1.72. The van der Waals surface area contributed by atoms with Crippen molar-refractivity contribution >= 4 is 17.4 Å². The van der Waals surface area contributed by atoms with Crippen LogP contribution in [0.25, 0.3) is 0 Å². The summed E-state index contributed by atoms with van der Waals surface area (Å²) in [7, 11) is 0. The quantitative estimate of drug-likeness (QED) is 0.761. The van der Waals surface area contributed by atoms with Crippen LogP contribution in [0.1, 0.15) is 44.1 Å². The summed E-state index contributed by atoms with van der Waals surface area (Å²) in [5, 5.41) is 3.36. The third-order valence-electron chi connectivity index (χ3n) is 4.92. The van der Waals surface area contributed by atoms with Crippen LogP contribution in [0.2, 0.25) is 0 Å². The molecule has 1 fully saturated rings. The van der Waals surface area contributed by atoms with E-state index in [2.05, 4.69) is 27.1 Å². The van der Waals surface area contributed by atoms with E-state index in [1.807, 2.05) is 24.8 Å². The van der Waals surface area contributed by atoms with Gasteiger partial charge in [0.15, 0.2) is 5.82 Å². The fraction of sp³-hybridized carbons (Fsp3) is 0.500. The van der Waals surface area contributed by atoms with Gasteiger partial charge in [-0.2, -0.15) is 4.39 Å². The summed E-state index contributed by atoms with van der Waals surface area (Å²) < 4.78 is 13.9. The minimum atomic E-state index is -0.475. The topological polar surface area (TPSA) is 64.3 Å². The first-order valence-electron chi connectivity index (χ1n) is 9.62. The molecule has 1 aliphatic rings. The molecule has 2 aromatic heterocycles. The van der Waals surface area contributed by atoms with E-state index in [1.165, 1.54) is 6.07 Å². The number of anilines is 2. The lowest BCUT2D eigenvalue weighted by Crippen LogP contribution is -2.47. The van der Waals surface area contributed by atoms with Crippen molar-refractivity contribution in [2.24, 2.45) is 0 Å². The summed E-state index contributed by atoms with van der Waals surface area (Å²) >= 11 is 0. The molecule has 0 spiro atoms. The maximum atomic E-state index is 13.9. The van der Waals surface area contributed by atoms with E-state index in [0.717, 1.165) is 25.1 Å². The van der Waals surface area contributed by atoms with Crippen molar-refractivity contribution in [1.82, 2.24) is 14.9 Å². The predicted molar refractivity (Wildman–Crippen MR) is 106 cm³/mol. The van der Waals surface area contributed by atoms with E-state index in [4.69, 9.17) is 0 Å². The van der Waals surface area contributed by atoms with Crippen LogP contribution in [0.4, 0.5) is 15.9 Å². The highest BCUT2D eigenvalue weighted by molar-refractivity contribution is 5.92. The van der Waals surface area contributed by atoms with Crippen molar-refractivity contribution in [2.45, 2.75) is 45.7 Å². The van der Waals surface area contributed by atoms with Gasteiger partial charge in [0.2, 0.25) is 5.95 Å². The normalized spacial score (nSPS) is 15.2. The van der Waals surface area contributed by atoms with Gasteiger partial charge in [0.05, 0.1) is 5.69 Å². The van der Waals surface area contributed by atoms with Gasteiger partial charge in [0.25, 0.3) is 5.91 Å². The Morgan fingerprint density at radius 2 is 2.11 bits per heavy atom. The lowest BCUT2D eigenvalue weighted by atomic mass is 10.0. The second-order valence-corrected chi connectivity index (χ2v) is 7.20. The van der Waals surface area contributed by atoms with Crippen molar-refractivity contribution in [3.05, 3.63) is 42.1 Å². The molecule has 3 rings (SSSR count). The van der Waals surface area contributed by atoms with E-state index >= 15 is 0 Å². The lowest BCUT2D eigenvalue weighted by molar-refractivity contribution is 0.0707. The molecule has 2 aromatic rings. The summed E-state index contributed by atoms with van der Waals surface area (Å²) in [4.78, 5) is 23.7. The largest absolute Gasteiger partial charge is 0.380 e. The predicted octanol–water partition coefficient (Wildman–Crippen LogP) is 3.50. The number of hydrogen-bond acceptors (Lipinski definition) is 4. The maximum Gasteiger partial charge on any atom is 0.270 e. The van der Waals surface area contributed by atoms with Gasteiger partial charge in [0.1, 0.15) is 5.69 Å². The number of nitrogens with zero attached hydrogens (tertiary/aromatic N) is 3. The molecule has 0 aliphatic carbocycles. The van der Waals surface area contributed by atoms with Crippen molar-refractivity contribution in [3.63, 3.8) is 0 Å².